The first-order valence-corrected chi connectivity index (χ1v) is 5.93. The van der Waals surface area contributed by atoms with Crippen molar-refractivity contribution in [3.8, 4) is 6.07 Å². The third kappa shape index (κ3) is 3.28. The number of para-hydroxylation sites is 1. The van der Waals surface area contributed by atoms with Crippen LogP contribution in [0.5, 0.6) is 0 Å². The molecule has 0 aromatic heterocycles. The smallest absolute Gasteiger partial charge is 0.285 e. The molecule has 1 aromatic rings. The van der Waals surface area contributed by atoms with E-state index >= 15 is 0 Å². The maximum Gasteiger partial charge on any atom is 0.285 e. The molecule has 6 heteroatoms. The molecule has 0 atom stereocenters. The van der Waals surface area contributed by atoms with E-state index in [4.69, 9.17) is 5.26 Å². The number of aryl methyl sites for hydroxylation is 1. The standard InChI is InChI=1S/C13H15N3O3/c1-3-15(9-5-8-14)13(17)11-7-4-6-10(2)12(11)16(18)19/h4,6-7H,3,5,9H2,1-2H3. The summed E-state index contributed by atoms with van der Waals surface area (Å²) in [5.74, 6) is -0.409. The molecule has 0 aliphatic heterocycles. The number of nitrogens with zero attached hydrogens (tertiary/aromatic N) is 3. The molecule has 0 saturated heterocycles. The topological polar surface area (TPSA) is 87.2 Å². The lowest BCUT2D eigenvalue weighted by Crippen LogP contribution is -2.32. The van der Waals surface area contributed by atoms with Gasteiger partial charge in [-0.2, -0.15) is 5.26 Å². The van der Waals surface area contributed by atoms with Gasteiger partial charge in [-0.3, -0.25) is 14.9 Å². The summed E-state index contributed by atoms with van der Waals surface area (Å²) in [4.78, 5) is 24.2. The molecular formula is C13H15N3O3. The molecular weight excluding hydrogens is 246 g/mol. The first-order chi connectivity index (χ1) is 9.02. The van der Waals surface area contributed by atoms with Crippen LogP contribution in [0.3, 0.4) is 0 Å². The summed E-state index contributed by atoms with van der Waals surface area (Å²) in [7, 11) is 0. The van der Waals surface area contributed by atoms with Crippen LogP contribution < -0.4 is 0 Å². The molecule has 0 saturated carbocycles. The zero-order valence-corrected chi connectivity index (χ0v) is 10.9. The average molecular weight is 261 g/mol. The molecule has 0 N–H and O–H groups in total. The van der Waals surface area contributed by atoms with E-state index < -0.39 is 10.8 Å². The van der Waals surface area contributed by atoms with E-state index in [1.54, 1.807) is 26.0 Å². The minimum Gasteiger partial charge on any atom is -0.338 e. The number of carbonyl (C=O) groups excluding carboxylic acids is 1. The van der Waals surface area contributed by atoms with Crippen LogP contribution >= 0.6 is 0 Å². The molecule has 1 amide bonds. The Hall–Kier alpha value is -2.42. The van der Waals surface area contributed by atoms with Gasteiger partial charge >= 0.3 is 0 Å². The van der Waals surface area contributed by atoms with Crippen LogP contribution in [0.1, 0.15) is 29.3 Å². The second-order valence-corrected chi connectivity index (χ2v) is 4.02. The Morgan fingerprint density at radius 3 is 2.74 bits per heavy atom. The van der Waals surface area contributed by atoms with E-state index in [1.165, 1.54) is 11.0 Å². The Morgan fingerprint density at radius 1 is 1.53 bits per heavy atom. The molecule has 0 fully saturated rings. The molecule has 19 heavy (non-hydrogen) atoms. The highest BCUT2D eigenvalue weighted by molar-refractivity contribution is 5.98. The zero-order valence-electron chi connectivity index (χ0n) is 10.9. The molecule has 0 unspecified atom stereocenters. The lowest BCUT2D eigenvalue weighted by Gasteiger charge is -2.19. The summed E-state index contributed by atoms with van der Waals surface area (Å²) in [5, 5.41) is 19.6. The minimum atomic E-state index is -0.541. The summed E-state index contributed by atoms with van der Waals surface area (Å²) in [6.45, 7) is 4.06. The molecule has 0 radical (unpaired) electrons. The van der Waals surface area contributed by atoms with Gasteiger partial charge in [0.05, 0.1) is 17.4 Å². The van der Waals surface area contributed by atoms with Crippen LogP contribution in [-0.4, -0.2) is 28.8 Å². The van der Waals surface area contributed by atoms with Crippen LogP contribution in [0.15, 0.2) is 18.2 Å². The van der Waals surface area contributed by atoms with Gasteiger partial charge in [0.2, 0.25) is 0 Å². The van der Waals surface area contributed by atoms with Crippen molar-refractivity contribution in [1.29, 1.82) is 5.26 Å². The van der Waals surface area contributed by atoms with E-state index in [1.807, 2.05) is 6.07 Å². The number of hydrogen-bond donors (Lipinski definition) is 0. The van der Waals surface area contributed by atoms with Crippen molar-refractivity contribution in [2.45, 2.75) is 20.3 Å². The van der Waals surface area contributed by atoms with E-state index in [2.05, 4.69) is 0 Å². The molecule has 0 aliphatic carbocycles. The highest BCUT2D eigenvalue weighted by Gasteiger charge is 2.25. The Labute approximate surface area is 111 Å². The summed E-state index contributed by atoms with van der Waals surface area (Å²) >= 11 is 0. The van der Waals surface area contributed by atoms with Crippen LogP contribution in [0.25, 0.3) is 0 Å². The van der Waals surface area contributed by atoms with Crippen molar-refractivity contribution < 1.29 is 9.72 Å². The Kier molecular flexibility index (Phi) is 5.01. The van der Waals surface area contributed by atoms with Gasteiger partial charge < -0.3 is 4.90 Å². The highest BCUT2D eigenvalue weighted by Crippen LogP contribution is 2.24. The van der Waals surface area contributed by atoms with Crippen LogP contribution in [0.2, 0.25) is 0 Å². The van der Waals surface area contributed by atoms with Gasteiger partial charge in [-0.05, 0) is 19.9 Å². The van der Waals surface area contributed by atoms with Crippen molar-refractivity contribution in [2.24, 2.45) is 0 Å². The third-order valence-corrected chi connectivity index (χ3v) is 2.81. The largest absolute Gasteiger partial charge is 0.338 e. The molecule has 100 valence electrons. The minimum absolute atomic E-state index is 0.0739. The summed E-state index contributed by atoms with van der Waals surface area (Å²) in [5.41, 5.74) is 0.361. The van der Waals surface area contributed by atoms with Crippen LogP contribution in [0, 0.1) is 28.4 Å². The monoisotopic (exact) mass is 261 g/mol. The molecule has 1 aromatic carbocycles. The van der Waals surface area contributed by atoms with Gasteiger partial charge in [-0.1, -0.05) is 12.1 Å². The Bertz CT molecular complexity index is 534. The zero-order chi connectivity index (χ0) is 14.4. The summed E-state index contributed by atoms with van der Waals surface area (Å²) in [6.07, 6.45) is 0.208. The number of carbonyl (C=O) groups is 1. The highest BCUT2D eigenvalue weighted by atomic mass is 16.6. The fraction of sp³-hybridized carbons (Fsp3) is 0.385. The van der Waals surface area contributed by atoms with Gasteiger partial charge in [0, 0.05) is 18.7 Å². The first-order valence-electron chi connectivity index (χ1n) is 5.93. The van der Waals surface area contributed by atoms with E-state index in [0.29, 0.717) is 12.1 Å². The number of hydrogen-bond acceptors (Lipinski definition) is 4. The molecule has 0 spiro atoms. The van der Waals surface area contributed by atoms with Crippen LogP contribution in [0.4, 0.5) is 5.69 Å². The summed E-state index contributed by atoms with van der Waals surface area (Å²) < 4.78 is 0. The van der Waals surface area contributed by atoms with Crippen molar-refractivity contribution in [1.82, 2.24) is 4.90 Å². The lowest BCUT2D eigenvalue weighted by molar-refractivity contribution is -0.385. The predicted molar refractivity (Wildman–Crippen MR) is 69.6 cm³/mol. The fourth-order valence-corrected chi connectivity index (χ4v) is 1.83. The quantitative estimate of drug-likeness (QED) is 0.601. The number of benzene rings is 1. The molecule has 0 aliphatic rings. The number of nitro groups is 1. The normalized spacial score (nSPS) is 9.74. The predicted octanol–water partition coefficient (Wildman–Crippen LogP) is 2.28. The van der Waals surface area contributed by atoms with Gasteiger partial charge in [0.25, 0.3) is 11.6 Å². The molecule has 1 rings (SSSR count). The third-order valence-electron chi connectivity index (χ3n) is 2.81. The van der Waals surface area contributed by atoms with Gasteiger partial charge in [-0.15, -0.1) is 0 Å². The van der Waals surface area contributed by atoms with E-state index in [-0.39, 0.29) is 24.2 Å². The number of rotatable bonds is 5. The Balaban J connectivity index is 3.15. The van der Waals surface area contributed by atoms with Gasteiger partial charge in [-0.25, -0.2) is 0 Å². The lowest BCUT2D eigenvalue weighted by atomic mass is 10.1. The second kappa shape index (κ2) is 6.50. The summed E-state index contributed by atoms with van der Waals surface area (Å²) in [6, 6.07) is 6.62. The van der Waals surface area contributed by atoms with Crippen molar-refractivity contribution >= 4 is 11.6 Å². The van der Waals surface area contributed by atoms with Gasteiger partial charge in [0.15, 0.2) is 0 Å². The van der Waals surface area contributed by atoms with Crippen molar-refractivity contribution in [3.63, 3.8) is 0 Å². The number of amides is 1. The fourth-order valence-electron chi connectivity index (χ4n) is 1.83. The SMILES string of the molecule is CCN(CCC#N)C(=O)c1cccc(C)c1[N+](=O)[O-]. The van der Waals surface area contributed by atoms with E-state index in [9.17, 15) is 14.9 Å². The second-order valence-electron chi connectivity index (χ2n) is 4.02. The van der Waals surface area contributed by atoms with Crippen LogP contribution in [-0.2, 0) is 0 Å². The number of nitro benzene ring substituents is 1. The van der Waals surface area contributed by atoms with Gasteiger partial charge in [0.1, 0.15) is 5.56 Å². The Morgan fingerprint density at radius 2 is 2.21 bits per heavy atom. The average Bonchev–Trinajstić information content (AvgIpc) is 2.38. The molecule has 6 nitrogen and oxygen atoms in total. The molecule has 0 bridgehead atoms. The molecule has 0 heterocycles. The van der Waals surface area contributed by atoms with E-state index in [0.717, 1.165) is 0 Å². The van der Waals surface area contributed by atoms with Crippen molar-refractivity contribution in [3.05, 3.63) is 39.4 Å². The number of nitriles is 1. The maximum absolute atomic E-state index is 12.3. The van der Waals surface area contributed by atoms with Crippen molar-refractivity contribution in [2.75, 3.05) is 13.1 Å². The maximum atomic E-state index is 12.3. The first kappa shape index (κ1) is 14.6.